The van der Waals surface area contributed by atoms with Gasteiger partial charge < -0.3 is 10.8 Å². The number of rotatable bonds is 2. The van der Waals surface area contributed by atoms with E-state index in [1.807, 2.05) is 0 Å². The summed E-state index contributed by atoms with van der Waals surface area (Å²) in [6.45, 7) is -0.330. The molecule has 74 valence electrons. The van der Waals surface area contributed by atoms with Gasteiger partial charge >= 0.3 is 0 Å². The summed E-state index contributed by atoms with van der Waals surface area (Å²) in [5.41, 5.74) is 5.61. The molecular formula is C8H10ClF2NO. The second-order valence-corrected chi connectivity index (χ2v) is 2.49. The second-order valence-electron chi connectivity index (χ2n) is 2.49. The number of hydrogen-bond donors (Lipinski definition) is 2. The fraction of sp³-hybridized carbons (Fsp3) is 0.250. The van der Waals surface area contributed by atoms with Crippen molar-refractivity contribution in [2.45, 2.75) is 6.04 Å². The minimum atomic E-state index is -0.727. The van der Waals surface area contributed by atoms with Gasteiger partial charge in [0.15, 0.2) is 0 Å². The Hall–Kier alpha value is -0.710. The van der Waals surface area contributed by atoms with Crippen LogP contribution in [-0.2, 0) is 0 Å². The molecule has 0 unspecified atom stereocenters. The Morgan fingerprint density at radius 2 is 1.69 bits per heavy atom. The van der Waals surface area contributed by atoms with E-state index in [2.05, 4.69) is 0 Å². The van der Waals surface area contributed by atoms with Crippen LogP contribution in [0.15, 0.2) is 18.2 Å². The molecule has 0 aromatic heterocycles. The largest absolute Gasteiger partial charge is 0.394 e. The summed E-state index contributed by atoms with van der Waals surface area (Å²) in [5.74, 6) is -1.37. The Morgan fingerprint density at radius 3 is 2.08 bits per heavy atom. The van der Waals surface area contributed by atoms with E-state index in [0.717, 1.165) is 18.2 Å². The Balaban J connectivity index is 0.00000144. The molecule has 0 aliphatic heterocycles. The van der Waals surface area contributed by atoms with Gasteiger partial charge in [-0.05, 0) is 17.7 Å². The molecule has 0 spiro atoms. The highest BCUT2D eigenvalue weighted by Gasteiger charge is 2.07. The topological polar surface area (TPSA) is 46.2 Å². The zero-order chi connectivity index (χ0) is 9.14. The Morgan fingerprint density at radius 1 is 1.23 bits per heavy atom. The molecule has 0 aliphatic rings. The molecule has 0 aliphatic carbocycles. The SMILES string of the molecule is Cl.N[C@@H](CO)c1cc(F)cc(F)c1. The molecule has 1 aromatic carbocycles. The quantitative estimate of drug-likeness (QED) is 0.773. The standard InChI is InChI=1S/C8H9F2NO.ClH/c9-6-1-5(8(11)4-12)2-7(10)3-6;/h1-3,8,12H,4,11H2;1H/t8-;/m0./s1. The highest BCUT2D eigenvalue weighted by atomic mass is 35.5. The van der Waals surface area contributed by atoms with Crippen LogP contribution in [0, 0.1) is 11.6 Å². The molecule has 1 atom stereocenters. The van der Waals surface area contributed by atoms with Crippen LogP contribution in [0.1, 0.15) is 11.6 Å². The Labute approximate surface area is 80.8 Å². The van der Waals surface area contributed by atoms with Crippen molar-refractivity contribution in [3.8, 4) is 0 Å². The van der Waals surface area contributed by atoms with Gasteiger partial charge in [0.05, 0.1) is 12.6 Å². The predicted octanol–water partition coefficient (Wildman–Crippen LogP) is 1.38. The van der Waals surface area contributed by atoms with E-state index in [1.165, 1.54) is 0 Å². The van der Waals surface area contributed by atoms with Crippen LogP contribution in [0.4, 0.5) is 8.78 Å². The normalized spacial score (nSPS) is 12.0. The third-order valence-electron chi connectivity index (χ3n) is 1.51. The van der Waals surface area contributed by atoms with Gasteiger partial charge in [-0.2, -0.15) is 0 Å². The lowest BCUT2D eigenvalue weighted by Crippen LogP contribution is -2.14. The maximum absolute atomic E-state index is 12.5. The monoisotopic (exact) mass is 209 g/mol. The minimum absolute atomic E-state index is 0. The summed E-state index contributed by atoms with van der Waals surface area (Å²) in [7, 11) is 0. The first-order chi connectivity index (χ1) is 5.63. The highest BCUT2D eigenvalue weighted by Crippen LogP contribution is 2.13. The maximum Gasteiger partial charge on any atom is 0.126 e. The number of aliphatic hydroxyl groups excluding tert-OH is 1. The fourth-order valence-corrected chi connectivity index (χ4v) is 0.895. The van der Waals surface area contributed by atoms with E-state index in [4.69, 9.17) is 10.8 Å². The van der Waals surface area contributed by atoms with E-state index >= 15 is 0 Å². The van der Waals surface area contributed by atoms with Crippen LogP contribution in [0.2, 0.25) is 0 Å². The summed E-state index contributed by atoms with van der Waals surface area (Å²) in [4.78, 5) is 0. The Bertz CT molecular complexity index is 263. The molecule has 1 rings (SSSR count). The minimum Gasteiger partial charge on any atom is -0.394 e. The summed E-state index contributed by atoms with van der Waals surface area (Å²) in [5, 5.41) is 8.60. The van der Waals surface area contributed by atoms with Gasteiger partial charge in [-0.3, -0.25) is 0 Å². The first kappa shape index (κ1) is 12.3. The maximum atomic E-state index is 12.5. The zero-order valence-electron chi connectivity index (χ0n) is 6.71. The summed E-state index contributed by atoms with van der Waals surface area (Å²) >= 11 is 0. The molecule has 0 heterocycles. The molecule has 2 nitrogen and oxygen atoms in total. The van der Waals surface area contributed by atoms with Gasteiger partial charge in [0.25, 0.3) is 0 Å². The molecule has 0 amide bonds. The van der Waals surface area contributed by atoms with Crippen LogP contribution in [0.25, 0.3) is 0 Å². The van der Waals surface area contributed by atoms with E-state index in [9.17, 15) is 8.78 Å². The third-order valence-corrected chi connectivity index (χ3v) is 1.51. The van der Waals surface area contributed by atoms with Crippen molar-refractivity contribution in [3.63, 3.8) is 0 Å². The lowest BCUT2D eigenvalue weighted by Gasteiger charge is -2.07. The van der Waals surface area contributed by atoms with Crippen molar-refractivity contribution in [2.75, 3.05) is 6.61 Å². The van der Waals surface area contributed by atoms with Crippen LogP contribution in [0.3, 0.4) is 0 Å². The average Bonchev–Trinajstić information content (AvgIpc) is 2.01. The van der Waals surface area contributed by atoms with Gasteiger partial charge in [-0.15, -0.1) is 12.4 Å². The van der Waals surface area contributed by atoms with Crippen molar-refractivity contribution < 1.29 is 13.9 Å². The van der Waals surface area contributed by atoms with Crippen LogP contribution >= 0.6 is 12.4 Å². The first-order valence-corrected chi connectivity index (χ1v) is 3.46. The first-order valence-electron chi connectivity index (χ1n) is 3.46. The summed E-state index contributed by atoms with van der Waals surface area (Å²) in [6, 6.07) is 2.23. The molecule has 0 radical (unpaired) electrons. The van der Waals surface area contributed by atoms with Crippen molar-refractivity contribution in [1.29, 1.82) is 0 Å². The number of aliphatic hydroxyl groups is 1. The molecule has 0 fully saturated rings. The van der Waals surface area contributed by atoms with Crippen molar-refractivity contribution in [3.05, 3.63) is 35.4 Å². The average molecular weight is 210 g/mol. The van der Waals surface area contributed by atoms with Crippen molar-refractivity contribution in [1.82, 2.24) is 0 Å². The molecule has 13 heavy (non-hydrogen) atoms. The summed E-state index contributed by atoms with van der Waals surface area (Å²) in [6.07, 6.45) is 0. The van der Waals surface area contributed by atoms with E-state index < -0.39 is 17.7 Å². The van der Waals surface area contributed by atoms with E-state index in [0.29, 0.717) is 0 Å². The van der Waals surface area contributed by atoms with Crippen LogP contribution in [-0.4, -0.2) is 11.7 Å². The zero-order valence-corrected chi connectivity index (χ0v) is 7.52. The van der Waals surface area contributed by atoms with Gasteiger partial charge in [0, 0.05) is 6.07 Å². The molecule has 0 bridgehead atoms. The van der Waals surface area contributed by atoms with Gasteiger partial charge in [0.2, 0.25) is 0 Å². The predicted molar refractivity (Wildman–Crippen MR) is 47.6 cm³/mol. The third kappa shape index (κ3) is 3.26. The van der Waals surface area contributed by atoms with Gasteiger partial charge in [-0.1, -0.05) is 0 Å². The lowest BCUT2D eigenvalue weighted by atomic mass is 10.1. The molecule has 0 saturated carbocycles. The van der Waals surface area contributed by atoms with E-state index in [1.54, 1.807) is 0 Å². The molecule has 0 saturated heterocycles. The molecular weight excluding hydrogens is 200 g/mol. The van der Waals surface area contributed by atoms with E-state index in [-0.39, 0.29) is 24.6 Å². The van der Waals surface area contributed by atoms with Crippen molar-refractivity contribution in [2.24, 2.45) is 5.73 Å². The van der Waals surface area contributed by atoms with Crippen LogP contribution in [0.5, 0.6) is 0 Å². The molecule has 1 aromatic rings. The molecule has 3 N–H and O–H groups in total. The fourth-order valence-electron chi connectivity index (χ4n) is 0.895. The number of nitrogens with two attached hydrogens (primary N) is 1. The number of hydrogen-bond acceptors (Lipinski definition) is 2. The Kier molecular flexibility index (Phi) is 4.83. The smallest absolute Gasteiger partial charge is 0.126 e. The number of halogens is 3. The van der Waals surface area contributed by atoms with Gasteiger partial charge in [-0.25, -0.2) is 8.78 Å². The van der Waals surface area contributed by atoms with Crippen LogP contribution < -0.4 is 5.73 Å². The summed E-state index contributed by atoms with van der Waals surface area (Å²) < 4.78 is 25.1. The van der Waals surface area contributed by atoms with Gasteiger partial charge in [0.1, 0.15) is 11.6 Å². The van der Waals surface area contributed by atoms with Crippen molar-refractivity contribution >= 4 is 12.4 Å². The lowest BCUT2D eigenvalue weighted by molar-refractivity contribution is 0.267. The number of benzene rings is 1. The highest BCUT2D eigenvalue weighted by molar-refractivity contribution is 5.85. The molecule has 5 heteroatoms. The second kappa shape index (κ2) is 5.11.